The molecule has 0 aliphatic heterocycles. The number of aliphatic hydroxyl groups excluding tert-OH is 1. The summed E-state index contributed by atoms with van der Waals surface area (Å²) in [6.07, 6.45) is -0.875. The molecular weight excluding hydrogens is 276 g/mol. The van der Waals surface area contributed by atoms with Crippen molar-refractivity contribution in [1.29, 1.82) is 0 Å². The maximum atomic E-state index is 12.0. The van der Waals surface area contributed by atoms with Crippen molar-refractivity contribution in [2.24, 2.45) is 0 Å². The van der Waals surface area contributed by atoms with Crippen LogP contribution in [0.3, 0.4) is 0 Å². The average molecular weight is 290 g/mol. The van der Waals surface area contributed by atoms with Crippen LogP contribution in [0.25, 0.3) is 0 Å². The zero-order chi connectivity index (χ0) is 14.6. The molecule has 0 aliphatic rings. The molecule has 0 heterocycles. The predicted molar refractivity (Wildman–Crippen MR) is 66.5 cm³/mol. The number of nitrogens with zero attached hydrogens (tertiary/aromatic N) is 1. The van der Waals surface area contributed by atoms with Gasteiger partial charge in [-0.05, 0) is 13.0 Å². The Hall–Kier alpha value is -1.71. The van der Waals surface area contributed by atoms with Gasteiger partial charge in [0.1, 0.15) is 10.6 Å². The van der Waals surface area contributed by atoms with Gasteiger partial charge in [-0.2, -0.15) is 0 Å². The summed E-state index contributed by atoms with van der Waals surface area (Å²) < 4.78 is 30.9. The lowest BCUT2D eigenvalue weighted by Crippen LogP contribution is -2.30. The largest absolute Gasteiger partial charge is 0.495 e. The molecule has 19 heavy (non-hydrogen) atoms. The molecule has 0 bridgehead atoms. The standard InChI is InChI=1S/C10H14N2O6S/c1-7(13)6-11-19(16,17)10-5-8(12(14)15)3-4-9(10)18-2/h3-5,7,11,13H,6H2,1-2H3/t7-/m0/s1. The lowest BCUT2D eigenvalue weighted by atomic mass is 10.3. The first-order chi connectivity index (χ1) is 8.77. The first kappa shape index (κ1) is 15.3. The number of hydrogen-bond acceptors (Lipinski definition) is 6. The smallest absolute Gasteiger partial charge is 0.271 e. The van der Waals surface area contributed by atoms with E-state index in [9.17, 15) is 18.5 Å². The number of rotatable bonds is 6. The van der Waals surface area contributed by atoms with Crippen LogP contribution in [0.5, 0.6) is 5.75 Å². The van der Waals surface area contributed by atoms with Gasteiger partial charge < -0.3 is 9.84 Å². The number of ether oxygens (including phenoxy) is 1. The summed E-state index contributed by atoms with van der Waals surface area (Å²) in [7, 11) is -2.73. The number of nitrogens with one attached hydrogen (secondary N) is 1. The molecule has 9 heteroatoms. The molecule has 1 aromatic carbocycles. The van der Waals surface area contributed by atoms with Gasteiger partial charge in [-0.25, -0.2) is 13.1 Å². The van der Waals surface area contributed by atoms with Crippen LogP contribution in [-0.2, 0) is 10.0 Å². The number of nitro benzene ring substituents is 1. The van der Waals surface area contributed by atoms with E-state index in [2.05, 4.69) is 4.72 Å². The number of benzene rings is 1. The molecule has 0 saturated heterocycles. The molecule has 0 radical (unpaired) electrons. The molecule has 1 aromatic rings. The van der Waals surface area contributed by atoms with Crippen LogP contribution < -0.4 is 9.46 Å². The highest BCUT2D eigenvalue weighted by atomic mass is 32.2. The van der Waals surface area contributed by atoms with E-state index in [1.54, 1.807) is 0 Å². The minimum absolute atomic E-state index is 0.0105. The van der Waals surface area contributed by atoms with E-state index in [1.807, 2.05) is 0 Å². The Morgan fingerprint density at radius 3 is 2.63 bits per heavy atom. The molecule has 0 spiro atoms. The number of aliphatic hydroxyl groups is 1. The van der Waals surface area contributed by atoms with E-state index in [-0.39, 0.29) is 22.9 Å². The van der Waals surface area contributed by atoms with Crippen molar-refractivity contribution < 1.29 is 23.2 Å². The molecular formula is C10H14N2O6S. The third kappa shape index (κ3) is 3.88. The van der Waals surface area contributed by atoms with Crippen molar-refractivity contribution in [3.05, 3.63) is 28.3 Å². The third-order valence-electron chi connectivity index (χ3n) is 2.22. The van der Waals surface area contributed by atoms with Crippen LogP contribution in [0.4, 0.5) is 5.69 Å². The van der Waals surface area contributed by atoms with E-state index in [0.717, 1.165) is 12.1 Å². The zero-order valence-corrected chi connectivity index (χ0v) is 11.2. The van der Waals surface area contributed by atoms with E-state index in [1.165, 1.54) is 20.1 Å². The van der Waals surface area contributed by atoms with Gasteiger partial charge in [0.2, 0.25) is 10.0 Å². The van der Waals surface area contributed by atoms with Crippen molar-refractivity contribution in [3.8, 4) is 5.75 Å². The minimum Gasteiger partial charge on any atom is -0.495 e. The normalized spacial score (nSPS) is 13.0. The van der Waals surface area contributed by atoms with E-state index in [4.69, 9.17) is 9.84 Å². The molecule has 1 atom stereocenters. The zero-order valence-electron chi connectivity index (χ0n) is 10.4. The fraction of sp³-hybridized carbons (Fsp3) is 0.400. The lowest BCUT2D eigenvalue weighted by Gasteiger charge is -2.11. The quantitative estimate of drug-likeness (QED) is 0.573. The maximum absolute atomic E-state index is 12.0. The first-order valence-corrected chi connectivity index (χ1v) is 6.76. The number of sulfonamides is 1. The van der Waals surface area contributed by atoms with Crippen molar-refractivity contribution in [2.75, 3.05) is 13.7 Å². The molecule has 106 valence electrons. The summed E-state index contributed by atoms with van der Waals surface area (Å²) in [6, 6.07) is 3.25. The van der Waals surface area contributed by atoms with Gasteiger partial charge in [0.05, 0.1) is 18.1 Å². The van der Waals surface area contributed by atoms with Crippen molar-refractivity contribution >= 4 is 15.7 Å². The summed E-state index contributed by atoms with van der Waals surface area (Å²) in [5, 5.41) is 19.7. The summed E-state index contributed by atoms with van der Waals surface area (Å²) >= 11 is 0. The second-order valence-corrected chi connectivity index (χ2v) is 5.53. The highest BCUT2D eigenvalue weighted by Gasteiger charge is 2.23. The van der Waals surface area contributed by atoms with Gasteiger partial charge in [-0.1, -0.05) is 0 Å². The average Bonchev–Trinajstić information content (AvgIpc) is 2.35. The number of non-ortho nitro benzene ring substituents is 1. The summed E-state index contributed by atoms with van der Waals surface area (Å²) in [6.45, 7) is 1.21. The Kier molecular flexibility index (Phi) is 4.81. The van der Waals surface area contributed by atoms with E-state index >= 15 is 0 Å². The summed E-state index contributed by atoms with van der Waals surface area (Å²) in [4.78, 5) is 9.61. The maximum Gasteiger partial charge on any atom is 0.271 e. The molecule has 0 unspecified atom stereocenters. The Balaban J connectivity index is 3.22. The summed E-state index contributed by atoms with van der Waals surface area (Å²) in [5.41, 5.74) is -0.363. The molecule has 0 aromatic heterocycles. The fourth-order valence-electron chi connectivity index (χ4n) is 1.30. The number of methoxy groups -OCH3 is 1. The molecule has 0 aliphatic carbocycles. The van der Waals surface area contributed by atoms with Crippen LogP contribution >= 0.6 is 0 Å². The highest BCUT2D eigenvalue weighted by molar-refractivity contribution is 7.89. The van der Waals surface area contributed by atoms with E-state index < -0.39 is 21.1 Å². The Bertz CT molecular complexity index is 569. The van der Waals surface area contributed by atoms with Crippen LogP contribution in [-0.4, -0.2) is 38.2 Å². The molecule has 8 nitrogen and oxygen atoms in total. The minimum atomic E-state index is -3.99. The van der Waals surface area contributed by atoms with Gasteiger partial charge in [0, 0.05) is 18.7 Å². The van der Waals surface area contributed by atoms with Crippen LogP contribution in [0.2, 0.25) is 0 Å². The Labute approximate surface area is 110 Å². The molecule has 0 amide bonds. The van der Waals surface area contributed by atoms with Gasteiger partial charge >= 0.3 is 0 Å². The third-order valence-corrected chi connectivity index (χ3v) is 3.66. The second-order valence-electron chi connectivity index (χ2n) is 3.79. The Morgan fingerprint density at radius 1 is 1.53 bits per heavy atom. The second kappa shape index (κ2) is 5.95. The molecule has 2 N–H and O–H groups in total. The van der Waals surface area contributed by atoms with Gasteiger partial charge in [-0.3, -0.25) is 10.1 Å². The SMILES string of the molecule is COc1ccc([N+](=O)[O-])cc1S(=O)(=O)NC[C@H](C)O. The van der Waals surface area contributed by atoms with Gasteiger partial charge in [0.25, 0.3) is 5.69 Å². The van der Waals surface area contributed by atoms with Crippen LogP contribution in [0.1, 0.15) is 6.92 Å². The van der Waals surface area contributed by atoms with Crippen LogP contribution in [0, 0.1) is 10.1 Å². The van der Waals surface area contributed by atoms with Crippen molar-refractivity contribution in [2.45, 2.75) is 17.9 Å². The topological polar surface area (TPSA) is 119 Å². The monoisotopic (exact) mass is 290 g/mol. The van der Waals surface area contributed by atoms with Gasteiger partial charge in [0.15, 0.2) is 0 Å². The molecule has 0 fully saturated rings. The van der Waals surface area contributed by atoms with Crippen LogP contribution in [0.15, 0.2) is 23.1 Å². The fourth-order valence-corrected chi connectivity index (χ4v) is 2.61. The predicted octanol–water partition coefficient (Wildman–Crippen LogP) is 0.262. The summed E-state index contributed by atoms with van der Waals surface area (Å²) in [5.74, 6) is -0.0105. The molecule has 0 saturated carbocycles. The first-order valence-electron chi connectivity index (χ1n) is 5.28. The van der Waals surface area contributed by atoms with Gasteiger partial charge in [-0.15, -0.1) is 0 Å². The van der Waals surface area contributed by atoms with Crippen molar-refractivity contribution in [1.82, 2.24) is 4.72 Å². The highest BCUT2D eigenvalue weighted by Crippen LogP contribution is 2.27. The van der Waals surface area contributed by atoms with Crippen molar-refractivity contribution in [3.63, 3.8) is 0 Å². The molecule has 1 rings (SSSR count). The van der Waals surface area contributed by atoms with E-state index in [0.29, 0.717) is 0 Å². The number of hydrogen-bond donors (Lipinski definition) is 2. The Morgan fingerprint density at radius 2 is 2.16 bits per heavy atom. The lowest BCUT2D eigenvalue weighted by molar-refractivity contribution is -0.385. The number of nitro groups is 1.